The molecule has 0 aromatic heterocycles. The van der Waals surface area contributed by atoms with Crippen LogP contribution in [0.4, 0.5) is 0 Å². The van der Waals surface area contributed by atoms with Crippen LogP contribution in [0.25, 0.3) is 0 Å². The van der Waals surface area contributed by atoms with E-state index in [4.69, 9.17) is 33.8 Å². The Morgan fingerprint density at radius 2 is 1.84 bits per heavy atom. The molecular formula is C32H36N2O11. The summed E-state index contributed by atoms with van der Waals surface area (Å²) in [5.41, 5.74) is -2.45. The third kappa shape index (κ3) is 4.44. The summed E-state index contributed by atoms with van der Waals surface area (Å²) in [7, 11) is 2.93. The third-order valence-corrected chi connectivity index (χ3v) is 9.88. The zero-order valence-electron chi connectivity index (χ0n) is 25.4. The molecule has 3 saturated heterocycles. The molecule has 0 saturated carbocycles. The summed E-state index contributed by atoms with van der Waals surface area (Å²) in [5, 5.41) is 43.3. The van der Waals surface area contributed by atoms with Gasteiger partial charge in [0.1, 0.15) is 29.0 Å². The molecule has 1 unspecified atom stereocenters. The summed E-state index contributed by atoms with van der Waals surface area (Å²) < 4.78 is 35.6. The average Bonchev–Trinajstić information content (AvgIpc) is 3.40. The summed E-state index contributed by atoms with van der Waals surface area (Å²) in [6, 6.07) is 4.45. The van der Waals surface area contributed by atoms with E-state index in [9.17, 15) is 24.9 Å². The SMILES string of the molecule is COc1cccc2c1C(=O)c1c(O)c3c(c(O)c1C2=O)C[C@@](O)(C(C)=N)C[C@@H]3O[C@H]1C[C@H]2[C@H](O[C@@H]3C(OC)OCCN32)[C@H](C)O1. The molecule has 45 heavy (non-hydrogen) atoms. The molecule has 4 N–H and O–H groups in total. The Bertz CT molecular complexity index is 1610. The predicted octanol–water partition coefficient (Wildman–Crippen LogP) is 2.19. The van der Waals surface area contributed by atoms with Crippen molar-refractivity contribution in [2.75, 3.05) is 27.4 Å². The molecule has 7 rings (SSSR count). The molecule has 2 aliphatic carbocycles. The van der Waals surface area contributed by atoms with Crippen molar-refractivity contribution in [1.29, 1.82) is 5.41 Å². The van der Waals surface area contributed by atoms with Crippen molar-refractivity contribution in [1.82, 2.24) is 4.90 Å². The zero-order valence-corrected chi connectivity index (χ0v) is 25.4. The first-order valence-electron chi connectivity index (χ1n) is 15.0. The van der Waals surface area contributed by atoms with Crippen molar-refractivity contribution < 1.29 is 53.3 Å². The lowest BCUT2D eigenvalue weighted by molar-refractivity contribution is -0.255. The van der Waals surface area contributed by atoms with Gasteiger partial charge in [0.25, 0.3) is 0 Å². The number of nitrogens with zero attached hydrogens (tertiary/aromatic N) is 1. The first-order valence-corrected chi connectivity index (χ1v) is 15.0. The van der Waals surface area contributed by atoms with Gasteiger partial charge in [0, 0.05) is 61.4 Å². The van der Waals surface area contributed by atoms with Gasteiger partial charge in [-0.15, -0.1) is 0 Å². The first kappa shape index (κ1) is 30.2. The minimum Gasteiger partial charge on any atom is -0.507 e. The third-order valence-electron chi connectivity index (χ3n) is 9.88. The largest absolute Gasteiger partial charge is 0.507 e. The number of carbonyl (C=O) groups excluding carboxylic acids is 2. The van der Waals surface area contributed by atoms with Gasteiger partial charge in [-0.05, 0) is 19.9 Å². The lowest BCUT2D eigenvalue weighted by Crippen LogP contribution is -2.55. The molecule has 0 amide bonds. The summed E-state index contributed by atoms with van der Waals surface area (Å²) in [6.07, 6.45) is -3.67. The summed E-state index contributed by atoms with van der Waals surface area (Å²) >= 11 is 0. The van der Waals surface area contributed by atoms with Gasteiger partial charge < -0.3 is 49.2 Å². The van der Waals surface area contributed by atoms with Crippen LogP contribution in [0, 0.1) is 5.41 Å². The van der Waals surface area contributed by atoms with E-state index >= 15 is 0 Å². The second kappa shape index (κ2) is 10.8. The lowest BCUT2D eigenvalue weighted by Gasteiger charge is -2.43. The fraction of sp³-hybridized carbons (Fsp3) is 0.531. The highest BCUT2D eigenvalue weighted by atomic mass is 16.7. The number of benzene rings is 2. The maximum absolute atomic E-state index is 13.9. The van der Waals surface area contributed by atoms with E-state index in [2.05, 4.69) is 4.90 Å². The van der Waals surface area contributed by atoms with Crippen molar-refractivity contribution in [3.05, 3.63) is 51.6 Å². The molecule has 3 heterocycles. The number of fused-ring (bicyclic) bond motifs is 6. The number of phenols is 2. The van der Waals surface area contributed by atoms with Crippen molar-refractivity contribution in [2.45, 2.75) is 81.9 Å². The minimum atomic E-state index is -1.76. The van der Waals surface area contributed by atoms with E-state index in [-0.39, 0.29) is 69.8 Å². The van der Waals surface area contributed by atoms with Crippen LogP contribution in [0.15, 0.2) is 18.2 Å². The van der Waals surface area contributed by atoms with Gasteiger partial charge in [0.2, 0.25) is 5.78 Å². The average molecular weight is 625 g/mol. The van der Waals surface area contributed by atoms with Crippen molar-refractivity contribution in [2.24, 2.45) is 0 Å². The van der Waals surface area contributed by atoms with Crippen LogP contribution in [0.2, 0.25) is 0 Å². The van der Waals surface area contributed by atoms with Gasteiger partial charge in [-0.2, -0.15) is 0 Å². The highest BCUT2D eigenvalue weighted by Crippen LogP contribution is 2.53. The summed E-state index contributed by atoms with van der Waals surface area (Å²) in [6.45, 7) is 4.39. The quantitative estimate of drug-likeness (QED) is 0.241. The molecule has 5 aliphatic rings. The van der Waals surface area contributed by atoms with Crippen molar-refractivity contribution in [3.63, 3.8) is 0 Å². The molecule has 13 heteroatoms. The Kier molecular flexibility index (Phi) is 7.28. The first-order chi connectivity index (χ1) is 21.5. The molecule has 3 fully saturated rings. The minimum absolute atomic E-state index is 0.0154. The standard InChI is InChI=1S/C32H36N2O11/c1-13-29-17(34-8-9-42-31(41-4)30(34)45-29)10-20(43-13)44-19-12-32(39,14(2)33)11-16-22(19)28(38)24-23(26(16)36)25(35)15-6-5-7-18(40-3)21(15)27(24)37/h5-7,13,17,19-20,29-31,33,36,38-39H,8-12H2,1-4H3/t13-,17-,19-,20-,29+,30+,31?,32-/m0/s1. The van der Waals surface area contributed by atoms with E-state index in [0.717, 1.165) is 0 Å². The molecule has 2 aromatic rings. The second-order valence-corrected chi connectivity index (χ2v) is 12.3. The number of hydrogen-bond donors (Lipinski definition) is 4. The van der Waals surface area contributed by atoms with Gasteiger partial charge in [-0.25, -0.2) is 0 Å². The van der Waals surface area contributed by atoms with E-state index in [1.807, 2.05) is 6.92 Å². The number of morpholine rings is 1. The molecule has 13 nitrogen and oxygen atoms in total. The molecule has 240 valence electrons. The van der Waals surface area contributed by atoms with Crippen LogP contribution in [0.1, 0.15) is 75.8 Å². The number of phenolic OH excluding ortho intramolecular Hbond substituents is 2. The molecular weight excluding hydrogens is 588 g/mol. The second-order valence-electron chi connectivity index (χ2n) is 12.3. The highest BCUT2D eigenvalue weighted by Gasteiger charge is 2.54. The number of nitrogens with one attached hydrogen (secondary N) is 1. The molecule has 0 radical (unpaired) electrons. The Hall–Kier alpha value is -3.43. The molecule has 0 bridgehead atoms. The number of carbonyl (C=O) groups is 2. The van der Waals surface area contributed by atoms with Crippen LogP contribution in [0.5, 0.6) is 17.2 Å². The zero-order chi connectivity index (χ0) is 31.9. The van der Waals surface area contributed by atoms with E-state index in [0.29, 0.717) is 19.6 Å². The van der Waals surface area contributed by atoms with Crippen LogP contribution < -0.4 is 4.74 Å². The number of aliphatic hydroxyl groups is 1. The number of ether oxygens (including phenoxy) is 6. The van der Waals surface area contributed by atoms with E-state index in [1.54, 1.807) is 19.2 Å². The molecule has 8 atom stereocenters. The number of rotatable bonds is 5. The Balaban J connectivity index is 1.29. The normalized spacial score (nSPS) is 33.9. The van der Waals surface area contributed by atoms with Gasteiger partial charge in [-0.1, -0.05) is 12.1 Å². The predicted molar refractivity (Wildman–Crippen MR) is 155 cm³/mol. The smallest absolute Gasteiger partial charge is 0.202 e. The van der Waals surface area contributed by atoms with Crippen molar-refractivity contribution >= 4 is 17.3 Å². The van der Waals surface area contributed by atoms with Gasteiger partial charge >= 0.3 is 0 Å². The summed E-state index contributed by atoms with van der Waals surface area (Å²) in [5.74, 6) is -2.26. The fourth-order valence-electron chi connectivity index (χ4n) is 7.62. The maximum Gasteiger partial charge on any atom is 0.202 e. The van der Waals surface area contributed by atoms with Gasteiger partial charge in [0.15, 0.2) is 24.6 Å². The van der Waals surface area contributed by atoms with Crippen LogP contribution in [-0.4, -0.2) is 108 Å². The Morgan fingerprint density at radius 1 is 1.09 bits per heavy atom. The Morgan fingerprint density at radius 3 is 2.56 bits per heavy atom. The fourth-order valence-corrected chi connectivity index (χ4v) is 7.62. The monoisotopic (exact) mass is 624 g/mol. The Labute approximate surface area is 259 Å². The van der Waals surface area contributed by atoms with E-state index in [1.165, 1.54) is 20.1 Å². The van der Waals surface area contributed by atoms with Gasteiger partial charge in [-0.3, -0.25) is 14.5 Å². The lowest BCUT2D eigenvalue weighted by atomic mass is 9.72. The van der Waals surface area contributed by atoms with E-state index < -0.39 is 59.7 Å². The van der Waals surface area contributed by atoms with Crippen LogP contribution in [-0.2, 0) is 30.1 Å². The van der Waals surface area contributed by atoms with Crippen LogP contribution in [0.3, 0.4) is 0 Å². The van der Waals surface area contributed by atoms with Crippen molar-refractivity contribution in [3.8, 4) is 17.2 Å². The maximum atomic E-state index is 13.9. The molecule has 2 aromatic carbocycles. The number of hydrogen-bond acceptors (Lipinski definition) is 13. The topological polar surface area (TPSA) is 177 Å². The molecule has 3 aliphatic heterocycles. The molecule has 0 spiro atoms. The number of ketones is 2. The summed E-state index contributed by atoms with van der Waals surface area (Å²) in [4.78, 5) is 29.8. The van der Waals surface area contributed by atoms with Crippen LogP contribution >= 0.6 is 0 Å². The number of methoxy groups -OCH3 is 2. The highest BCUT2D eigenvalue weighted by molar-refractivity contribution is 6.31. The number of aromatic hydroxyl groups is 2. The van der Waals surface area contributed by atoms with Gasteiger partial charge in [0.05, 0.1) is 42.6 Å².